The number of rotatable bonds is 17. The van der Waals surface area contributed by atoms with Crippen molar-refractivity contribution in [3.8, 4) is 17.2 Å². The molecule has 0 aliphatic rings. The average Bonchev–Trinajstić information content (AvgIpc) is 3.20. The molecule has 0 spiro atoms. The number of benzene rings is 5. The van der Waals surface area contributed by atoms with Crippen molar-refractivity contribution in [2.75, 3.05) is 23.8 Å². The second kappa shape index (κ2) is 27.4. The lowest BCUT2D eigenvalue weighted by Crippen LogP contribution is -2.33. The topological polar surface area (TPSA) is 308 Å². The Hall–Kier alpha value is -11.4. The van der Waals surface area contributed by atoms with E-state index in [2.05, 4.69) is 40.5 Å². The Morgan fingerprint density at radius 3 is 1.25 bits per heavy atom. The smallest absolute Gasteiger partial charge is 0.347 e. The van der Waals surface area contributed by atoms with Crippen LogP contribution in [-0.2, 0) is 29.3 Å². The zero-order chi connectivity index (χ0) is 59.8. The first-order valence-corrected chi connectivity index (χ1v) is 26.2. The third-order valence-corrected chi connectivity index (χ3v) is 12.4. The van der Waals surface area contributed by atoms with Crippen LogP contribution in [0.3, 0.4) is 0 Å². The van der Waals surface area contributed by atoms with Gasteiger partial charge in [0.2, 0.25) is 0 Å². The van der Waals surface area contributed by atoms with Crippen LogP contribution in [0.25, 0.3) is 33.1 Å². The van der Waals surface area contributed by atoms with E-state index in [4.69, 9.17) is 35.6 Å². The highest BCUT2D eigenvalue weighted by Gasteiger charge is 2.29. The van der Waals surface area contributed by atoms with E-state index in [0.717, 1.165) is 49.0 Å². The molecule has 11 aromatic rings. The zero-order valence-corrected chi connectivity index (χ0v) is 45.9. The standard InChI is InChI=1S/C23H20N4O5.C20H16N4O3.C17H14ClN3O5/c1-2-31-23(30)18-19(28)17-20(26-16-11-7-4-8-12-16)24-14-25-21(17)27(22(18)29)32-13-15-9-5-3-6-10-15;25-16-11-17(26)24(27-12-14-7-3-1-4-8-14)20-18(16)19(21-13-22-20)23-15-9-5-2-6-10-15;1-2-25-17(24)12-13(22)11-14(18)19-9-20-15(11)21(16(12)23)26-8-10-6-4-3-5-7-10/h3-12,14,28H,2,13H2,1H3,(H,24,25,26);1-11,13,25H,12H2,(H,21,22,23);3-7,9,22H,2,8H2,1H3. The summed E-state index contributed by atoms with van der Waals surface area (Å²) >= 11 is 6.02. The zero-order valence-electron chi connectivity index (χ0n) is 45.1. The average molecular weight is 1170 g/mol. The number of anilines is 4. The Bertz CT molecular complexity index is 4340. The molecule has 11 rings (SSSR count). The van der Waals surface area contributed by atoms with Gasteiger partial charge in [-0.25, -0.2) is 39.5 Å². The van der Waals surface area contributed by atoms with E-state index >= 15 is 0 Å². The van der Waals surface area contributed by atoms with Crippen molar-refractivity contribution < 1.29 is 48.9 Å². The van der Waals surface area contributed by atoms with Gasteiger partial charge >= 0.3 is 23.1 Å². The van der Waals surface area contributed by atoms with Crippen LogP contribution in [0.2, 0.25) is 5.15 Å². The summed E-state index contributed by atoms with van der Waals surface area (Å²) in [5.41, 5.74) is 0.657. The Morgan fingerprint density at radius 1 is 0.471 bits per heavy atom. The molecule has 430 valence electrons. The summed E-state index contributed by atoms with van der Waals surface area (Å²) in [5.74, 6) is -2.83. The fourth-order valence-corrected chi connectivity index (χ4v) is 8.43. The Morgan fingerprint density at radius 2 is 0.824 bits per heavy atom. The molecule has 5 aromatic carbocycles. The van der Waals surface area contributed by atoms with E-state index in [0.29, 0.717) is 16.9 Å². The number of hydrogen-bond acceptors (Lipinski definition) is 21. The van der Waals surface area contributed by atoms with Crippen molar-refractivity contribution in [1.29, 1.82) is 0 Å². The molecule has 6 heterocycles. The minimum atomic E-state index is -0.992. The van der Waals surface area contributed by atoms with E-state index < -0.39 is 51.2 Å². The van der Waals surface area contributed by atoms with Crippen molar-refractivity contribution >= 4 is 79.7 Å². The number of pyridine rings is 3. The van der Waals surface area contributed by atoms with Crippen LogP contribution >= 0.6 is 11.6 Å². The number of hydrogen-bond donors (Lipinski definition) is 5. The van der Waals surface area contributed by atoms with Gasteiger partial charge in [0.05, 0.1) is 13.2 Å². The van der Waals surface area contributed by atoms with Gasteiger partial charge in [0, 0.05) is 17.4 Å². The second-order valence-electron chi connectivity index (χ2n) is 17.7. The van der Waals surface area contributed by atoms with E-state index in [1.807, 2.05) is 140 Å². The number of carbonyl (C=O) groups excluding carboxylic acids is 2. The first-order chi connectivity index (χ1) is 41.4. The number of nitrogens with one attached hydrogen (secondary N) is 2. The van der Waals surface area contributed by atoms with Crippen LogP contribution in [0.1, 0.15) is 51.3 Å². The minimum absolute atomic E-state index is 0.00455. The summed E-state index contributed by atoms with van der Waals surface area (Å²) < 4.78 is 12.6. The van der Waals surface area contributed by atoms with Gasteiger partial charge in [-0.2, -0.15) is 0 Å². The normalized spacial score (nSPS) is 10.7. The van der Waals surface area contributed by atoms with Gasteiger partial charge < -0.3 is 49.9 Å². The Labute approximate surface area is 486 Å². The molecule has 0 aliphatic carbocycles. The van der Waals surface area contributed by atoms with Crippen molar-refractivity contribution in [3.63, 3.8) is 0 Å². The van der Waals surface area contributed by atoms with Crippen molar-refractivity contribution in [1.82, 2.24) is 44.1 Å². The first-order valence-electron chi connectivity index (χ1n) is 25.9. The maximum absolute atomic E-state index is 13.1. The SMILES string of the molecule is CCOC(=O)c1c(O)c2c(Cl)ncnc2n(OCc2ccccc2)c1=O.CCOC(=O)c1c(O)c2c(Nc3ccccc3)ncnc2n(OCc2ccccc2)c1=O.O=c1cc(O)c2c(Nc3ccccc3)ncnc2n1OCc1ccccc1. The number of para-hydroxylation sites is 2. The number of fused-ring (bicyclic) bond motifs is 3. The number of ether oxygens (including phenoxy) is 2. The van der Waals surface area contributed by atoms with Crippen LogP contribution in [0, 0.1) is 0 Å². The molecule has 5 N–H and O–H groups in total. The molecule has 0 amide bonds. The maximum atomic E-state index is 13.1. The third-order valence-electron chi connectivity index (χ3n) is 12.1. The largest absolute Gasteiger partial charge is 0.507 e. The minimum Gasteiger partial charge on any atom is -0.507 e. The fraction of sp³-hybridized carbons (Fsp3) is 0.117. The molecule has 85 heavy (non-hydrogen) atoms. The van der Waals surface area contributed by atoms with Gasteiger partial charge in [-0.15, -0.1) is 14.2 Å². The lowest BCUT2D eigenvalue weighted by molar-refractivity contribution is 0.0498. The quantitative estimate of drug-likeness (QED) is 0.0428. The van der Waals surface area contributed by atoms with Crippen molar-refractivity contribution in [2.45, 2.75) is 33.7 Å². The van der Waals surface area contributed by atoms with Crippen LogP contribution in [0.4, 0.5) is 23.0 Å². The van der Waals surface area contributed by atoms with Gasteiger partial charge in [-0.1, -0.05) is 139 Å². The van der Waals surface area contributed by atoms with Crippen LogP contribution in [-0.4, -0.2) is 84.6 Å². The predicted octanol–water partition coefficient (Wildman–Crippen LogP) is 7.87. The molecular weight excluding hydrogens is 1120 g/mol. The highest BCUT2D eigenvalue weighted by atomic mass is 35.5. The summed E-state index contributed by atoms with van der Waals surface area (Å²) in [4.78, 5) is 104. The molecule has 0 atom stereocenters. The maximum Gasteiger partial charge on any atom is 0.347 e. The fourth-order valence-electron chi connectivity index (χ4n) is 8.21. The number of carbonyl (C=O) groups is 2. The lowest BCUT2D eigenvalue weighted by Gasteiger charge is -2.16. The summed E-state index contributed by atoms with van der Waals surface area (Å²) in [7, 11) is 0. The van der Waals surface area contributed by atoms with Gasteiger partial charge in [-0.05, 0) is 54.8 Å². The molecule has 0 radical (unpaired) electrons. The Balaban J connectivity index is 0.000000154. The van der Waals surface area contributed by atoms with Gasteiger partial charge in [0.1, 0.15) is 83.2 Å². The van der Waals surface area contributed by atoms with Crippen molar-refractivity contribution in [2.24, 2.45) is 0 Å². The summed E-state index contributed by atoms with van der Waals surface area (Å²) in [6.07, 6.45) is 3.67. The number of aromatic hydroxyl groups is 3. The summed E-state index contributed by atoms with van der Waals surface area (Å²) in [5, 5.41) is 38.0. The van der Waals surface area contributed by atoms with Gasteiger partial charge in [-0.3, -0.25) is 14.4 Å². The molecule has 0 unspecified atom stereocenters. The monoisotopic (exact) mass is 1170 g/mol. The van der Waals surface area contributed by atoms with E-state index in [1.54, 1.807) is 26.0 Å². The molecular formula is C60H50ClN11O13. The third kappa shape index (κ3) is 13.5. The van der Waals surface area contributed by atoms with Gasteiger partial charge in [0.25, 0.3) is 5.56 Å². The molecule has 0 saturated carbocycles. The van der Waals surface area contributed by atoms with Crippen LogP contribution in [0.15, 0.2) is 191 Å². The summed E-state index contributed by atoms with van der Waals surface area (Å²) in [6, 6.07) is 47.4. The molecule has 0 bridgehead atoms. The molecule has 0 saturated heterocycles. The molecule has 6 aromatic heterocycles. The molecule has 24 nitrogen and oxygen atoms in total. The Kier molecular flexibility index (Phi) is 18.8. The number of aromatic nitrogens is 9. The van der Waals surface area contributed by atoms with E-state index in [9.17, 15) is 39.3 Å². The lowest BCUT2D eigenvalue weighted by atomic mass is 10.1. The summed E-state index contributed by atoms with van der Waals surface area (Å²) in [6.45, 7) is 3.49. The molecule has 0 fully saturated rings. The number of nitrogens with zero attached hydrogens (tertiary/aromatic N) is 9. The number of esters is 2. The highest BCUT2D eigenvalue weighted by molar-refractivity contribution is 6.34. The van der Waals surface area contributed by atoms with Crippen molar-refractivity contribution in [3.05, 3.63) is 241 Å². The van der Waals surface area contributed by atoms with Crippen LogP contribution < -0.4 is 41.8 Å². The molecule has 0 aliphatic heterocycles. The van der Waals surface area contributed by atoms with E-state index in [1.165, 1.54) is 12.7 Å². The molecule has 25 heteroatoms. The first kappa shape index (κ1) is 58.3. The number of halogens is 1. The second-order valence-corrected chi connectivity index (χ2v) is 18.1. The van der Waals surface area contributed by atoms with Gasteiger partial charge in [0.15, 0.2) is 33.8 Å². The van der Waals surface area contributed by atoms with Crippen LogP contribution in [0.5, 0.6) is 17.2 Å². The highest BCUT2D eigenvalue weighted by Crippen LogP contribution is 2.34. The van der Waals surface area contributed by atoms with E-state index in [-0.39, 0.29) is 77.5 Å². The predicted molar refractivity (Wildman–Crippen MR) is 313 cm³/mol.